The fourth-order valence-electron chi connectivity index (χ4n) is 2.32. The third-order valence-corrected chi connectivity index (χ3v) is 3.00. The number of carbonyl (C=O) groups excluding carboxylic acids is 1. The van der Waals surface area contributed by atoms with E-state index in [0.29, 0.717) is 18.6 Å². The fourth-order valence-corrected chi connectivity index (χ4v) is 2.32. The molecule has 0 aromatic heterocycles. The van der Waals surface area contributed by atoms with Gasteiger partial charge in [0.25, 0.3) is 0 Å². The van der Waals surface area contributed by atoms with Crippen LogP contribution in [0.1, 0.15) is 18.4 Å². The maximum Gasteiger partial charge on any atom is 0.138 e. The van der Waals surface area contributed by atoms with Crippen molar-refractivity contribution >= 4 is 11.4 Å². The van der Waals surface area contributed by atoms with Gasteiger partial charge in [0.2, 0.25) is 0 Å². The van der Waals surface area contributed by atoms with Gasteiger partial charge in [-0.05, 0) is 17.2 Å². The summed E-state index contributed by atoms with van der Waals surface area (Å²) < 4.78 is 5.72. The lowest BCUT2D eigenvalue weighted by Crippen LogP contribution is -2.26. The number of Topliss-reactive ketones (excluding diaryl/α,β-unsaturated/α-hetero) is 1. The molecule has 1 fully saturated rings. The largest absolute Gasteiger partial charge is 0.365 e. The van der Waals surface area contributed by atoms with Crippen LogP contribution in [0.2, 0.25) is 0 Å². The van der Waals surface area contributed by atoms with Crippen molar-refractivity contribution in [2.24, 2.45) is 0 Å². The molecule has 1 aromatic carbocycles. The SMILES string of the molecule is O=C1C[C@H]2C=C(c3ccccc3)[C@@H](C1)O2. The summed E-state index contributed by atoms with van der Waals surface area (Å²) in [6, 6.07) is 10.2. The fraction of sp³-hybridized carbons (Fsp3) is 0.308. The Kier molecular flexibility index (Phi) is 1.96. The highest BCUT2D eigenvalue weighted by molar-refractivity contribution is 5.87. The lowest BCUT2D eigenvalue weighted by molar-refractivity contribution is -0.128. The number of hydrogen-bond acceptors (Lipinski definition) is 2. The van der Waals surface area contributed by atoms with E-state index in [0.717, 1.165) is 0 Å². The van der Waals surface area contributed by atoms with Gasteiger partial charge in [0.05, 0.1) is 12.2 Å². The number of ether oxygens (including phenoxy) is 1. The van der Waals surface area contributed by atoms with Crippen LogP contribution in [0.5, 0.6) is 0 Å². The Balaban J connectivity index is 1.96. The molecule has 1 aromatic rings. The van der Waals surface area contributed by atoms with Gasteiger partial charge in [-0.1, -0.05) is 30.3 Å². The van der Waals surface area contributed by atoms with Crippen LogP contribution in [0.15, 0.2) is 36.4 Å². The van der Waals surface area contributed by atoms with Crippen molar-refractivity contribution in [1.82, 2.24) is 0 Å². The van der Waals surface area contributed by atoms with E-state index in [1.54, 1.807) is 0 Å². The minimum absolute atomic E-state index is 0.00125. The zero-order valence-electron chi connectivity index (χ0n) is 8.35. The highest BCUT2D eigenvalue weighted by Crippen LogP contribution is 2.35. The third kappa shape index (κ3) is 1.51. The number of rotatable bonds is 1. The number of ketones is 1. The Hall–Kier alpha value is -1.41. The maximum absolute atomic E-state index is 11.4. The van der Waals surface area contributed by atoms with E-state index in [1.165, 1.54) is 11.1 Å². The Morgan fingerprint density at radius 3 is 2.73 bits per heavy atom. The van der Waals surface area contributed by atoms with Crippen LogP contribution in [-0.4, -0.2) is 18.0 Å². The topological polar surface area (TPSA) is 26.3 Å². The molecule has 0 radical (unpaired) electrons. The Morgan fingerprint density at radius 1 is 1.13 bits per heavy atom. The molecule has 3 rings (SSSR count). The summed E-state index contributed by atoms with van der Waals surface area (Å²) in [5.41, 5.74) is 2.37. The number of fused-ring (bicyclic) bond motifs is 2. The molecule has 2 heteroatoms. The average Bonchev–Trinajstić information content (AvgIpc) is 2.55. The molecule has 0 N–H and O–H groups in total. The van der Waals surface area contributed by atoms with E-state index < -0.39 is 0 Å². The normalized spacial score (nSPS) is 29.1. The molecule has 0 spiro atoms. The van der Waals surface area contributed by atoms with E-state index in [4.69, 9.17) is 4.74 Å². The molecule has 0 saturated carbocycles. The molecule has 15 heavy (non-hydrogen) atoms. The van der Waals surface area contributed by atoms with Gasteiger partial charge in [0.1, 0.15) is 5.78 Å². The molecule has 2 heterocycles. The summed E-state index contributed by atoms with van der Waals surface area (Å²) >= 11 is 0. The van der Waals surface area contributed by atoms with Gasteiger partial charge < -0.3 is 4.74 Å². The van der Waals surface area contributed by atoms with E-state index in [2.05, 4.69) is 18.2 Å². The van der Waals surface area contributed by atoms with Gasteiger partial charge in [-0.3, -0.25) is 4.79 Å². The summed E-state index contributed by atoms with van der Waals surface area (Å²) in [6.07, 6.45) is 3.21. The first kappa shape index (κ1) is 8.86. The van der Waals surface area contributed by atoms with Crippen molar-refractivity contribution in [2.75, 3.05) is 0 Å². The van der Waals surface area contributed by atoms with Crippen LogP contribution in [0.3, 0.4) is 0 Å². The highest BCUT2D eigenvalue weighted by atomic mass is 16.5. The predicted molar refractivity (Wildman–Crippen MR) is 57.3 cm³/mol. The van der Waals surface area contributed by atoms with Gasteiger partial charge in [0, 0.05) is 12.8 Å². The number of carbonyl (C=O) groups is 1. The van der Waals surface area contributed by atoms with Crippen molar-refractivity contribution in [3.05, 3.63) is 42.0 Å². The van der Waals surface area contributed by atoms with E-state index in [-0.39, 0.29) is 12.2 Å². The minimum Gasteiger partial charge on any atom is -0.365 e. The van der Waals surface area contributed by atoms with Crippen LogP contribution >= 0.6 is 0 Å². The molecule has 0 amide bonds. The Bertz CT molecular complexity index is 419. The second-order valence-electron chi connectivity index (χ2n) is 4.10. The summed E-state index contributed by atoms with van der Waals surface area (Å²) in [4.78, 5) is 11.4. The highest BCUT2D eigenvalue weighted by Gasteiger charge is 2.35. The Morgan fingerprint density at radius 2 is 1.93 bits per heavy atom. The molecular formula is C13H12O2. The molecule has 2 nitrogen and oxygen atoms in total. The molecule has 76 valence electrons. The molecule has 2 atom stereocenters. The summed E-state index contributed by atoms with van der Waals surface area (Å²) in [5.74, 6) is 0.318. The van der Waals surface area contributed by atoms with Crippen molar-refractivity contribution in [3.8, 4) is 0 Å². The predicted octanol–water partition coefficient (Wildman–Crippen LogP) is 2.20. The Labute approximate surface area is 88.6 Å². The van der Waals surface area contributed by atoms with Gasteiger partial charge in [0.15, 0.2) is 0 Å². The second-order valence-corrected chi connectivity index (χ2v) is 4.10. The third-order valence-electron chi connectivity index (χ3n) is 3.00. The molecule has 2 aliphatic rings. The van der Waals surface area contributed by atoms with Crippen molar-refractivity contribution < 1.29 is 9.53 Å². The smallest absolute Gasteiger partial charge is 0.138 e. The first-order valence-corrected chi connectivity index (χ1v) is 5.27. The summed E-state index contributed by atoms with van der Waals surface area (Å²) in [5, 5.41) is 0. The lowest BCUT2D eigenvalue weighted by Gasteiger charge is -2.21. The van der Waals surface area contributed by atoms with Gasteiger partial charge >= 0.3 is 0 Å². The standard InChI is InChI=1S/C13H12O2/c14-10-6-11-8-12(13(7-10)15-11)9-4-2-1-3-5-9/h1-5,8,11,13H,6-7H2/t11-,13+/m0/s1. The monoisotopic (exact) mass is 200 g/mol. The van der Waals surface area contributed by atoms with E-state index in [1.807, 2.05) is 18.2 Å². The molecule has 0 aliphatic carbocycles. The zero-order valence-corrected chi connectivity index (χ0v) is 8.35. The van der Waals surface area contributed by atoms with Gasteiger partial charge in [-0.15, -0.1) is 0 Å². The van der Waals surface area contributed by atoms with Gasteiger partial charge in [-0.2, -0.15) is 0 Å². The first-order chi connectivity index (χ1) is 7.33. The molecule has 2 aliphatic heterocycles. The number of benzene rings is 1. The molecule has 2 bridgehead atoms. The van der Waals surface area contributed by atoms with Gasteiger partial charge in [-0.25, -0.2) is 0 Å². The van der Waals surface area contributed by atoms with E-state index in [9.17, 15) is 4.79 Å². The lowest BCUT2D eigenvalue weighted by atomic mass is 9.99. The molecular weight excluding hydrogens is 188 g/mol. The molecule has 0 unspecified atom stereocenters. The number of hydrogen-bond donors (Lipinski definition) is 0. The second kappa shape index (κ2) is 3.31. The average molecular weight is 200 g/mol. The first-order valence-electron chi connectivity index (χ1n) is 5.27. The summed E-state index contributed by atoms with van der Waals surface area (Å²) in [7, 11) is 0. The molecule has 1 saturated heterocycles. The van der Waals surface area contributed by atoms with Crippen LogP contribution in [0.25, 0.3) is 5.57 Å². The summed E-state index contributed by atoms with van der Waals surface area (Å²) in [6.45, 7) is 0. The van der Waals surface area contributed by atoms with E-state index >= 15 is 0 Å². The van der Waals surface area contributed by atoms with Crippen molar-refractivity contribution in [3.63, 3.8) is 0 Å². The van der Waals surface area contributed by atoms with Crippen molar-refractivity contribution in [2.45, 2.75) is 25.0 Å². The van der Waals surface area contributed by atoms with Crippen LogP contribution < -0.4 is 0 Å². The minimum atomic E-state index is -0.00125. The van der Waals surface area contributed by atoms with Crippen molar-refractivity contribution in [1.29, 1.82) is 0 Å². The van der Waals surface area contributed by atoms with Crippen LogP contribution in [0.4, 0.5) is 0 Å². The quantitative estimate of drug-likeness (QED) is 0.694. The van der Waals surface area contributed by atoms with Crippen LogP contribution in [0, 0.1) is 0 Å². The maximum atomic E-state index is 11.4. The van der Waals surface area contributed by atoms with Crippen LogP contribution in [-0.2, 0) is 9.53 Å². The zero-order chi connectivity index (χ0) is 10.3.